The lowest BCUT2D eigenvalue weighted by Crippen LogP contribution is -2.56. The number of rotatable bonds is 6. The van der Waals surface area contributed by atoms with E-state index in [0.717, 1.165) is 23.3 Å². The molecule has 1 spiro atoms. The van der Waals surface area contributed by atoms with E-state index in [9.17, 15) is 13.2 Å². The van der Waals surface area contributed by atoms with E-state index in [-0.39, 0.29) is 17.5 Å². The predicted octanol–water partition coefficient (Wildman–Crippen LogP) is 3.80. The second kappa shape index (κ2) is 9.80. The molecule has 2 aliphatic heterocycles. The number of carbonyl (C=O) groups is 1. The van der Waals surface area contributed by atoms with Gasteiger partial charge >= 0.3 is 0 Å². The summed E-state index contributed by atoms with van der Waals surface area (Å²) in [6, 6.07) is 16.6. The van der Waals surface area contributed by atoms with Crippen LogP contribution in [0.3, 0.4) is 0 Å². The Morgan fingerprint density at radius 3 is 2.08 bits per heavy atom. The minimum Gasteiger partial charge on any atom is -0.497 e. The van der Waals surface area contributed by atoms with Crippen molar-refractivity contribution in [2.24, 2.45) is 0 Å². The minimum atomic E-state index is -3.28. The zero-order valence-corrected chi connectivity index (χ0v) is 23.1. The zero-order valence-electron chi connectivity index (χ0n) is 22.3. The standard InChI is InChI=1S/C28H39N3O4S/c1-27(2,3)23-11-9-22(10-12-23)25-29(4)28(16-19-30(20-17-28)36(6,33)34)26(32)31(25)18-15-21-7-13-24(35-5)14-8-21/h7-14,25H,15-20H2,1-6H3. The highest BCUT2D eigenvalue weighted by Crippen LogP contribution is 2.45. The first kappa shape index (κ1) is 26.6. The van der Waals surface area contributed by atoms with Crippen LogP contribution >= 0.6 is 0 Å². The van der Waals surface area contributed by atoms with Crippen molar-refractivity contribution in [1.82, 2.24) is 14.1 Å². The van der Waals surface area contributed by atoms with E-state index in [1.165, 1.54) is 16.1 Å². The van der Waals surface area contributed by atoms with Gasteiger partial charge in [-0.05, 0) is 60.5 Å². The Bertz CT molecular complexity index is 1180. The summed E-state index contributed by atoms with van der Waals surface area (Å²) in [6.45, 7) is 7.88. The van der Waals surface area contributed by atoms with Gasteiger partial charge in [0.2, 0.25) is 15.9 Å². The van der Waals surface area contributed by atoms with Gasteiger partial charge in [-0.2, -0.15) is 0 Å². The molecule has 196 valence electrons. The van der Waals surface area contributed by atoms with Gasteiger partial charge < -0.3 is 9.64 Å². The third kappa shape index (κ3) is 5.04. The van der Waals surface area contributed by atoms with Crippen LogP contribution in [0.4, 0.5) is 0 Å². The number of likely N-dealkylation sites (N-methyl/N-ethyl adjacent to an activating group) is 1. The van der Waals surface area contributed by atoms with E-state index < -0.39 is 15.6 Å². The molecular weight excluding hydrogens is 474 g/mol. The van der Waals surface area contributed by atoms with Gasteiger partial charge in [-0.25, -0.2) is 12.7 Å². The highest BCUT2D eigenvalue weighted by atomic mass is 32.2. The highest BCUT2D eigenvalue weighted by Gasteiger charge is 2.57. The molecule has 2 fully saturated rings. The Hall–Kier alpha value is -2.42. The van der Waals surface area contributed by atoms with E-state index in [1.807, 2.05) is 36.2 Å². The van der Waals surface area contributed by atoms with Crippen LogP contribution in [0.5, 0.6) is 5.75 Å². The Labute approximate surface area is 216 Å². The van der Waals surface area contributed by atoms with Gasteiger partial charge in [-0.15, -0.1) is 0 Å². The molecule has 0 saturated carbocycles. The summed E-state index contributed by atoms with van der Waals surface area (Å²) in [5.41, 5.74) is 2.81. The average Bonchev–Trinajstić information content (AvgIpc) is 3.03. The number of carbonyl (C=O) groups excluding carboxylic acids is 1. The Balaban J connectivity index is 1.64. The van der Waals surface area contributed by atoms with E-state index in [0.29, 0.717) is 32.5 Å². The number of amides is 1. The van der Waals surface area contributed by atoms with Gasteiger partial charge in [0.15, 0.2) is 0 Å². The fraction of sp³-hybridized carbons (Fsp3) is 0.536. The molecule has 2 heterocycles. The van der Waals surface area contributed by atoms with Crippen LogP contribution in [0.15, 0.2) is 48.5 Å². The molecule has 2 aromatic carbocycles. The van der Waals surface area contributed by atoms with Crippen molar-refractivity contribution in [3.63, 3.8) is 0 Å². The topological polar surface area (TPSA) is 70.2 Å². The number of ether oxygens (including phenoxy) is 1. The summed E-state index contributed by atoms with van der Waals surface area (Å²) >= 11 is 0. The van der Waals surface area contributed by atoms with Crippen molar-refractivity contribution in [2.45, 2.75) is 57.2 Å². The number of benzene rings is 2. The molecule has 1 unspecified atom stereocenters. The lowest BCUT2D eigenvalue weighted by atomic mass is 9.86. The van der Waals surface area contributed by atoms with Crippen molar-refractivity contribution < 1.29 is 17.9 Å². The van der Waals surface area contributed by atoms with Crippen molar-refractivity contribution >= 4 is 15.9 Å². The first-order chi connectivity index (χ1) is 16.9. The number of sulfonamides is 1. The molecule has 36 heavy (non-hydrogen) atoms. The predicted molar refractivity (Wildman–Crippen MR) is 142 cm³/mol. The zero-order chi connectivity index (χ0) is 26.3. The molecule has 2 aromatic rings. The first-order valence-electron chi connectivity index (χ1n) is 12.6. The van der Waals surface area contributed by atoms with Gasteiger partial charge in [-0.3, -0.25) is 9.69 Å². The van der Waals surface area contributed by atoms with Crippen LogP contribution < -0.4 is 4.74 Å². The van der Waals surface area contributed by atoms with Gasteiger partial charge in [0, 0.05) is 19.6 Å². The maximum atomic E-state index is 14.1. The molecule has 0 N–H and O–H groups in total. The molecule has 4 rings (SSSR count). The molecule has 8 heteroatoms. The van der Waals surface area contributed by atoms with Gasteiger partial charge in [-0.1, -0.05) is 57.2 Å². The molecule has 1 amide bonds. The summed E-state index contributed by atoms with van der Waals surface area (Å²) in [5.74, 6) is 0.903. The molecule has 2 aliphatic rings. The molecule has 1 atom stereocenters. The van der Waals surface area contributed by atoms with E-state index in [1.54, 1.807) is 7.11 Å². The maximum absolute atomic E-state index is 14.1. The van der Waals surface area contributed by atoms with Crippen molar-refractivity contribution in [2.75, 3.05) is 40.0 Å². The number of hydrogen-bond acceptors (Lipinski definition) is 5. The summed E-state index contributed by atoms with van der Waals surface area (Å²) in [7, 11) is 0.391. The Kier molecular flexibility index (Phi) is 7.25. The Morgan fingerprint density at radius 2 is 1.58 bits per heavy atom. The lowest BCUT2D eigenvalue weighted by Gasteiger charge is -2.41. The summed E-state index contributed by atoms with van der Waals surface area (Å²) in [6.07, 6.45) is 2.75. The Morgan fingerprint density at radius 1 is 1.00 bits per heavy atom. The summed E-state index contributed by atoms with van der Waals surface area (Å²) in [4.78, 5) is 18.3. The number of methoxy groups -OCH3 is 1. The summed E-state index contributed by atoms with van der Waals surface area (Å²) in [5, 5.41) is 0. The van der Waals surface area contributed by atoms with Crippen LogP contribution in [-0.4, -0.2) is 74.0 Å². The lowest BCUT2D eigenvalue weighted by molar-refractivity contribution is -0.135. The number of nitrogens with zero attached hydrogens (tertiary/aromatic N) is 3. The highest BCUT2D eigenvalue weighted by molar-refractivity contribution is 7.88. The fourth-order valence-corrected chi connectivity index (χ4v) is 6.40. The molecule has 0 bridgehead atoms. The average molecular weight is 514 g/mol. The second-order valence-electron chi connectivity index (χ2n) is 11.1. The van der Waals surface area contributed by atoms with Crippen LogP contribution in [0.2, 0.25) is 0 Å². The second-order valence-corrected chi connectivity index (χ2v) is 13.1. The molecule has 0 aromatic heterocycles. The van der Waals surface area contributed by atoms with Crippen molar-refractivity contribution in [3.05, 3.63) is 65.2 Å². The van der Waals surface area contributed by atoms with Crippen LogP contribution in [0, 0.1) is 0 Å². The molecular formula is C28H39N3O4S. The molecule has 2 saturated heterocycles. The third-order valence-corrected chi connectivity index (χ3v) is 9.19. The minimum absolute atomic E-state index is 0.0453. The van der Waals surface area contributed by atoms with E-state index in [4.69, 9.17) is 4.74 Å². The van der Waals surface area contributed by atoms with Crippen molar-refractivity contribution in [1.29, 1.82) is 0 Å². The van der Waals surface area contributed by atoms with E-state index in [2.05, 4.69) is 49.9 Å². The number of piperidine rings is 1. The molecule has 0 radical (unpaired) electrons. The first-order valence-corrected chi connectivity index (χ1v) is 14.4. The van der Waals surface area contributed by atoms with Crippen molar-refractivity contribution in [3.8, 4) is 5.75 Å². The summed E-state index contributed by atoms with van der Waals surface area (Å²) < 4.78 is 31.0. The molecule has 0 aliphatic carbocycles. The van der Waals surface area contributed by atoms with Gasteiger partial charge in [0.25, 0.3) is 0 Å². The van der Waals surface area contributed by atoms with Crippen LogP contribution in [0.1, 0.15) is 56.5 Å². The fourth-order valence-electron chi connectivity index (χ4n) is 5.55. The smallest absolute Gasteiger partial charge is 0.244 e. The molecule has 7 nitrogen and oxygen atoms in total. The van der Waals surface area contributed by atoms with Gasteiger partial charge in [0.1, 0.15) is 17.5 Å². The van der Waals surface area contributed by atoms with Crippen LogP contribution in [-0.2, 0) is 26.7 Å². The maximum Gasteiger partial charge on any atom is 0.244 e. The van der Waals surface area contributed by atoms with Gasteiger partial charge in [0.05, 0.1) is 13.4 Å². The monoisotopic (exact) mass is 513 g/mol. The SMILES string of the molecule is COc1ccc(CCN2C(=O)C3(CCN(S(C)(=O)=O)CC3)N(C)C2c2ccc(C(C)(C)C)cc2)cc1. The normalized spacial score (nSPS) is 21.3. The quantitative estimate of drug-likeness (QED) is 0.588. The largest absolute Gasteiger partial charge is 0.497 e. The van der Waals surface area contributed by atoms with E-state index >= 15 is 0 Å². The third-order valence-electron chi connectivity index (χ3n) is 7.89. The number of hydrogen-bond donors (Lipinski definition) is 0. The van der Waals surface area contributed by atoms with Crippen LogP contribution in [0.25, 0.3) is 0 Å².